The third-order valence-electron chi connectivity index (χ3n) is 5.47. The normalized spacial score (nSPS) is 13.8. The first-order valence-corrected chi connectivity index (χ1v) is 10.6. The van der Waals surface area contributed by atoms with Gasteiger partial charge >= 0.3 is 0 Å². The van der Waals surface area contributed by atoms with Gasteiger partial charge in [-0.3, -0.25) is 14.3 Å². The topological polar surface area (TPSA) is 67.7 Å². The average Bonchev–Trinajstić information content (AvgIpc) is 3.20. The molecule has 1 aliphatic rings. The Labute approximate surface area is 190 Å². The molecule has 33 heavy (non-hydrogen) atoms. The monoisotopic (exact) mass is 454 g/mol. The number of ether oxygens (including phenoxy) is 1. The zero-order chi connectivity index (χ0) is 23.4. The fraction of sp³-hybridized carbons (Fsp3) is 0.292. The average molecular weight is 454 g/mol. The van der Waals surface area contributed by atoms with Crippen molar-refractivity contribution >= 4 is 11.8 Å². The smallest absolute Gasteiger partial charge is 0.261 e. The molecule has 7 nitrogen and oxygen atoms in total. The van der Waals surface area contributed by atoms with Crippen LogP contribution < -0.4 is 4.74 Å². The lowest BCUT2D eigenvalue weighted by Crippen LogP contribution is -2.50. The molecular formula is C24H24F2N4O3. The van der Waals surface area contributed by atoms with Crippen LogP contribution in [0.1, 0.15) is 28.4 Å². The number of hydrogen-bond donors (Lipinski definition) is 0. The molecule has 2 aromatic carbocycles. The molecule has 0 saturated carbocycles. The van der Waals surface area contributed by atoms with Crippen molar-refractivity contribution in [3.8, 4) is 5.88 Å². The molecule has 172 valence electrons. The fourth-order valence-corrected chi connectivity index (χ4v) is 3.73. The Morgan fingerprint density at radius 1 is 0.939 bits per heavy atom. The largest absolute Gasteiger partial charge is 0.471 e. The number of benzene rings is 2. The molecule has 1 saturated heterocycles. The highest BCUT2D eigenvalue weighted by Crippen LogP contribution is 2.22. The van der Waals surface area contributed by atoms with Crippen LogP contribution in [0.3, 0.4) is 0 Å². The van der Waals surface area contributed by atoms with E-state index in [0.29, 0.717) is 37.3 Å². The summed E-state index contributed by atoms with van der Waals surface area (Å²) in [6.45, 7) is 3.50. The van der Waals surface area contributed by atoms with Crippen molar-refractivity contribution in [2.24, 2.45) is 0 Å². The Balaban J connectivity index is 1.55. The summed E-state index contributed by atoms with van der Waals surface area (Å²) in [5, 5.41) is 4.40. The molecule has 0 unspecified atom stereocenters. The number of carbonyl (C=O) groups excluding carboxylic acids is 2. The highest BCUT2D eigenvalue weighted by atomic mass is 19.1. The van der Waals surface area contributed by atoms with Crippen LogP contribution in [0.4, 0.5) is 8.78 Å². The summed E-state index contributed by atoms with van der Waals surface area (Å²) < 4.78 is 34.4. The van der Waals surface area contributed by atoms with Gasteiger partial charge in [-0.2, -0.15) is 0 Å². The van der Waals surface area contributed by atoms with E-state index in [9.17, 15) is 18.4 Å². The molecule has 2 heterocycles. The van der Waals surface area contributed by atoms with Gasteiger partial charge in [-0.1, -0.05) is 24.3 Å². The Kier molecular flexibility index (Phi) is 6.67. The number of piperazine rings is 1. The zero-order valence-corrected chi connectivity index (χ0v) is 18.2. The van der Waals surface area contributed by atoms with Crippen molar-refractivity contribution in [2.75, 3.05) is 26.2 Å². The maximum atomic E-state index is 13.6. The Hall–Kier alpha value is -3.75. The summed E-state index contributed by atoms with van der Waals surface area (Å²) in [7, 11) is 0. The summed E-state index contributed by atoms with van der Waals surface area (Å²) >= 11 is 0. The molecule has 0 bridgehead atoms. The number of amides is 2. The van der Waals surface area contributed by atoms with E-state index < -0.39 is 0 Å². The van der Waals surface area contributed by atoms with Crippen LogP contribution in [0.15, 0.2) is 54.7 Å². The van der Waals surface area contributed by atoms with Gasteiger partial charge in [0.25, 0.3) is 5.91 Å². The summed E-state index contributed by atoms with van der Waals surface area (Å²) in [6.07, 6.45) is 1.57. The minimum absolute atomic E-state index is 0.0240. The third-order valence-corrected chi connectivity index (χ3v) is 5.47. The van der Waals surface area contributed by atoms with E-state index in [1.54, 1.807) is 40.3 Å². The molecule has 9 heteroatoms. The molecule has 3 aromatic rings. The lowest BCUT2D eigenvalue weighted by molar-refractivity contribution is -0.130. The summed E-state index contributed by atoms with van der Waals surface area (Å²) in [5.41, 5.74) is 1.55. The lowest BCUT2D eigenvalue weighted by Gasteiger charge is -2.34. The Bertz CT molecular complexity index is 1160. The molecule has 0 spiro atoms. The van der Waals surface area contributed by atoms with Crippen LogP contribution in [0.25, 0.3) is 0 Å². The Morgan fingerprint density at radius 2 is 1.55 bits per heavy atom. The molecule has 0 atom stereocenters. The van der Waals surface area contributed by atoms with Crippen molar-refractivity contribution in [2.45, 2.75) is 20.1 Å². The van der Waals surface area contributed by atoms with Gasteiger partial charge in [0.1, 0.15) is 23.8 Å². The SMILES string of the molecule is CC(=O)N1CCN(C(=O)c2cn(Cc3cccc(F)c3)nc2OCc2cccc(F)c2)CC1. The molecule has 0 aliphatic carbocycles. The van der Waals surface area contributed by atoms with Crippen molar-refractivity contribution in [3.05, 3.63) is 83.1 Å². The molecule has 1 aliphatic heterocycles. The quantitative estimate of drug-likeness (QED) is 0.574. The van der Waals surface area contributed by atoms with Gasteiger partial charge in [0, 0.05) is 39.3 Å². The van der Waals surface area contributed by atoms with E-state index in [2.05, 4.69) is 5.10 Å². The van der Waals surface area contributed by atoms with Gasteiger partial charge in [-0.05, 0) is 35.4 Å². The first-order chi connectivity index (χ1) is 15.9. The second kappa shape index (κ2) is 9.81. The number of nitrogens with zero attached hydrogens (tertiary/aromatic N) is 4. The molecule has 2 amide bonds. The van der Waals surface area contributed by atoms with Crippen LogP contribution in [-0.2, 0) is 17.9 Å². The first kappa shape index (κ1) is 22.4. The van der Waals surface area contributed by atoms with E-state index in [4.69, 9.17) is 4.74 Å². The molecule has 0 radical (unpaired) electrons. The van der Waals surface area contributed by atoms with Crippen molar-refractivity contribution in [1.82, 2.24) is 19.6 Å². The summed E-state index contributed by atoms with van der Waals surface area (Å²) in [6, 6.07) is 12.1. The number of aromatic nitrogens is 2. The summed E-state index contributed by atoms with van der Waals surface area (Å²) in [5.74, 6) is -0.911. The van der Waals surface area contributed by atoms with Gasteiger partial charge < -0.3 is 14.5 Å². The molecule has 1 aromatic heterocycles. The van der Waals surface area contributed by atoms with Crippen LogP contribution in [0, 0.1) is 11.6 Å². The first-order valence-electron chi connectivity index (χ1n) is 10.6. The van der Waals surface area contributed by atoms with E-state index in [1.165, 1.54) is 35.9 Å². The number of hydrogen-bond acceptors (Lipinski definition) is 4. The van der Waals surface area contributed by atoms with Crippen LogP contribution in [0.5, 0.6) is 5.88 Å². The highest BCUT2D eigenvalue weighted by Gasteiger charge is 2.27. The van der Waals surface area contributed by atoms with Gasteiger partial charge in [0.15, 0.2) is 0 Å². The number of rotatable bonds is 6. The zero-order valence-electron chi connectivity index (χ0n) is 18.2. The van der Waals surface area contributed by atoms with Gasteiger partial charge in [0.2, 0.25) is 11.8 Å². The molecule has 0 N–H and O–H groups in total. The van der Waals surface area contributed by atoms with E-state index >= 15 is 0 Å². The van der Waals surface area contributed by atoms with Crippen molar-refractivity contribution < 1.29 is 23.1 Å². The van der Waals surface area contributed by atoms with Gasteiger partial charge in [0.05, 0.1) is 6.54 Å². The van der Waals surface area contributed by atoms with E-state index in [1.807, 2.05) is 0 Å². The van der Waals surface area contributed by atoms with Gasteiger partial charge in [-0.25, -0.2) is 8.78 Å². The van der Waals surface area contributed by atoms with E-state index in [0.717, 1.165) is 0 Å². The van der Waals surface area contributed by atoms with Crippen LogP contribution in [-0.4, -0.2) is 57.6 Å². The minimum Gasteiger partial charge on any atom is -0.471 e. The number of halogens is 2. The summed E-state index contributed by atoms with van der Waals surface area (Å²) in [4.78, 5) is 28.2. The standard InChI is InChI=1S/C24H24F2N4O3/c1-17(31)28-8-10-29(11-9-28)24(32)22-15-30(14-18-4-2-6-20(25)12-18)27-23(22)33-16-19-5-3-7-21(26)13-19/h2-7,12-13,15H,8-11,14,16H2,1H3. The minimum atomic E-state index is -0.382. The van der Waals surface area contributed by atoms with Gasteiger partial charge in [-0.15, -0.1) is 5.10 Å². The molecule has 4 rings (SSSR count). The van der Waals surface area contributed by atoms with Crippen molar-refractivity contribution in [1.29, 1.82) is 0 Å². The maximum absolute atomic E-state index is 13.6. The maximum Gasteiger partial charge on any atom is 0.261 e. The fourth-order valence-electron chi connectivity index (χ4n) is 3.73. The third kappa shape index (κ3) is 5.54. The second-order valence-corrected chi connectivity index (χ2v) is 7.89. The number of carbonyl (C=O) groups is 2. The molecular weight excluding hydrogens is 430 g/mol. The second-order valence-electron chi connectivity index (χ2n) is 7.89. The van der Waals surface area contributed by atoms with Crippen molar-refractivity contribution in [3.63, 3.8) is 0 Å². The van der Waals surface area contributed by atoms with Crippen LogP contribution >= 0.6 is 0 Å². The highest BCUT2D eigenvalue weighted by molar-refractivity contribution is 5.96. The Morgan fingerprint density at radius 3 is 2.18 bits per heavy atom. The predicted octanol–water partition coefficient (Wildman–Crippen LogP) is 3.09. The molecule has 1 fully saturated rings. The van der Waals surface area contributed by atoms with Crippen LogP contribution in [0.2, 0.25) is 0 Å². The lowest BCUT2D eigenvalue weighted by atomic mass is 10.2. The van der Waals surface area contributed by atoms with E-state index in [-0.39, 0.29) is 48.0 Å². The predicted molar refractivity (Wildman–Crippen MR) is 117 cm³/mol.